The lowest BCUT2D eigenvalue weighted by atomic mass is 9.45. The van der Waals surface area contributed by atoms with Crippen molar-refractivity contribution in [1.82, 2.24) is 0 Å². The number of hydrogen-bond donors (Lipinski definition) is 0. The summed E-state index contributed by atoms with van der Waals surface area (Å²) in [6.45, 7) is 37.0. The fourth-order valence-electron chi connectivity index (χ4n) is 15.5. The molecule has 7 heteroatoms. The van der Waals surface area contributed by atoms with Crippen LogP contribution < -0.4 is 25.7 Å². The Bertz CT molecular complexity index is 5130. The predicted molar refractivity (Wildman–Crippen MR) is 400 cm³/mol. The molecule has 0 fully saturated rings. The minimum absolute atomic E-state index is 0.0285. The van der Waals surface area contributed by atoms with Crippen LogP contribution in [0.2, 0.25) is 0 Å². The number of benzene rings is 10. The van der Waals surface area contributed by atoms with Crippen LogP contribution in [0.4, 0.5) is 45.5 Å². The topological polar surface area (TPSA) is 36.0 Å². The van der Waals surface area contributed by atoms with E-state index in [-0.39, 0.29) is 32.5 Å². The first-order valence-electron chi connectivity index (χ1n) is 33.6. The molecule has 0 saturated heterocycles. The lowest BCUT2D eigenvalue weighted by Gasteiger charge is -2.44. The monoisotopic (exact) mass is 1230 g/mol. The number of para-hydroxylation sites is 1. The van der Waals surface area contributed by atoms with Gasteiger partial charge in [-0.05, 0) is 187 Å². The number of rotatable bonds is 6. The van der Waals surface area contributed by atoms with Crippen LogP contribution in [0.5, 0.6) is 0 Å². The van der Waals surface area contributed by atoms with Crippen LogP contribution in [0.3, 0.4) is 0 Å². The zero-order chi connectivity index (χ0) is 64.8. The maximum absolute atomic E-state index is 7.93. The SMILES string of the molecule is CC(C)(C)c1ccc(N2B3c4oc5cc6c(cc5c4N(c4ccc(C(C)(C)C)cc4-c4ccccc4)c4cc5c(oc7ccccc75)c(c43)-c3cc4c(cc32)sc2cc(N(c3ccc(C(C)(C)C)cc3)c3ccc(C(C)(C)C)cc3)ccc24)C(C)(C)CCC6(C)C)cc1. The molecule has 3 aliphatic rings. The first-order valence-corrected chi connectivity index (χ1v) is 34.4. The standard InChI is InChI=1S/C86H84BN3O2S/c1-81(2,3)52-26-33-56(34-27-52)88(57-35-28-53(29-36-57)82(4,5)6)59-39-40-61-63-46-65-70(50-75(63)93-74(61)45-59)90(58-37-30-54(31-38-58)83(7,8)9)87-77-71(48-64-60-24-20-21-25-72(60)91-79(64)76(65)77)89(69-41-32-55(84(10,11)12)44-62(69)51-22-18-17-19-23-51)78-66-47-67-68(49-73(66)92-80(78)87)86(15,16)43-42-85(67,13)14/h17-41,44-50H,42-43H2,1-16H3. The van der Waals surface area contributed by atoms with E-state index in [0.29, 0.717) is 0 Å². The summed E-state index contributed by atoms with van der Waals surface area (Å²) in [5.74, 6) is 0. The zero-order valence-corrected chi connectivity index (χ0v) is 57.8. The fourth-order valence-corrected chi connectivity index (χ4v) is 16.7. The maximum Gasteiger partial charge on any atom is 0.376 e. The molecule has 2 aliphatic heterocycles. The summed E-state index contributed by atoms with van der Waals surface area (Å²) >= 11 is 1.88. The van der Waals surface area contributed by atoms with E-state index in [1.165, 1.54) is 64.7 Å². The molecular weight excluding hydrogens is 1150 g/mol. The van der Waals surface area contributed by atoms with Crippen LogP contribution in [0.15, 0.2) is 203 Å². The van der Waals surface area contributed by atoms with Crippen molar-refractivity contribution >= 4 is 128 Å². The summed E-state index contributed by atoms with van der Waals surface area (Å²) in [6, 6.07) is 74.3. The van der Waals surface area contributed by atoms with Crippen LogP contribution in [-0.4, -0.2) is 6.85 Å². The molecule has 5 nitrogen and oxygen atoms in total. The van der Waals surface area contributed by atoms with Crippen molar-refractivity contribution in [2.24, 2.45) is 0 Å². The van der Waals surface area contributed by atoms with Gasteiger partial charge in [-0.25, -0.2) is 0 Å². The lowest BCUT2D eigenvalue weighted by molar-refractivity contribution is 0.332. The van der Waals surface area contributed by atoms with E-state index in [1.807, 2.05) is 11.3 Å². The largest absolute Gasteiger partial charge is 0.466 e. The van der Waals surface area contributed by atoms with Gasteiger partial charge in [0.15, 0.2) is 0 Å². The molecular formula is C86H84BN3O2S. The number of anilines is 8. The Morgan fingerprint density at radius 3 is 1.61 bits per heavy atom. The Hall–Kier alpha value is -8.78. The van der Waals surface area contributed by atoms with Crippen LogP contribution in [0.25, 0.3) is 75.3 Å². The molecule has 0 bridgehead atoms. The smallest absolute Gasteiger partial charge is 0.376 e. The Labute approximate surface area is 553 Å². The third kappa shape index (κ3) is 9.44. The third-order valence-corrected chi connectivity index (χ3v) is 22.3. The van der Waals surface area contributed by atoms with Crippen molar-refractivity contribution in [2.75, 3.05) is 14.6 Å². The van der Waals surface area contributed by atoms with Gasteiger partial charge in [0.05, 0.1) is 11.4 Å². The van der Waals surface area contributed by atoms with Crippen molar-refractivity contribution in [2.45, 2.75) is 156 Å². The molecule has 464 valence electrons. The molecule has 0 radical (unpaired) electrons. The highest BCUT2D eigenvalue weighted by atomic mass is 32.1. The van der Waals surface area contributed by atoms with Crippen molar-refractivity contribution in [3.8, 4) is 22.3 Å². The van der Waals surface area contributed by atoms with Gasteiger partial charge in [-0.3, -0.25) is 0 Å². The van der Waals surface area contributed by atoms with Gasteiger partial charge >= 0.3 is 6.85 Å². The third-order valence-electron chi connectivity index (χ3n) is 21.1. The predicted octanol–water partition coefficient (Wildman–Crippen LogP) is 24.1. The van der Waals surface area contributed by atoms with Gasteiger partial charge in [0, 0.05) is 87.1 Å². The zero-order valence-electron chi connectivity index (χ0n) is 57.0. The van der Waals surface area contributed by atoms with Crippen molar-refractivity contribution in [3.05, 3.63) is 228 Å². The van der Waals surface area contributed by atoms with E-state index in [2.05, 4.69) is 320 Å². The summed E-state index contributed by atoms with van der Waals surface area (Å²) in [7, 11) is 0. The van der Waals surface area contributed by atoms with Gasteiger partial charge in [-0.15, -0.1) is 11.3 Å². The number of hydrogen-bond acceptors (Lipinski definition) is 6. The summed E-state index contributed by atoms with van der Waals surface area (Å²) in [5, 5.41) is 5.76. The molecule has 0 atom stereocenters. The second-order valence-electron chi connectivity index (χ2n) is 32.5. The second kappa shape index (κ2) is 20.4. The number of nitrogens with zero attached hydrogens (tertiary/aromatic N) is 3. The summed E-state index contributed by atoms with van der Waals surface area (Å²) in [5.41, 5.74) is 26.0. The number of furan rings is 2. The van der Waals surface area contributed by atoms with Gasteiger partial charge in [0.1, 0.15) is 22.4 Å². The quantitative estimate of drug-likeness (QED) is 0.155. The van der Waals surface area contributed by atoms with E-state index < -0.39 is 6.85 Å². The summed E-state index contributed by atoms with van der Waals surface area (Å²) in [4.78, 5) is 7.68. The average Bonchev–Trinajstić information content (AvgIpc) is 1.66. The number of fused-ring (bicyclic) bond motifs is 14. The molecule has 13 aromatic rings. The second-order valence-corrected chi connectivity index (χ2v) is 33.5. The van der Waals surface area contributed by atoms with E-state index in [0.717, 1.165) is 113 Å². The highest BCUT2D eigenvalue weighted by molar-refractivity contribution is 7.26. The van der Waals surface area contributed by atoms with Crippen LogP contribution in [0.1, 0.15) is 157 Å². The van der Waals surface area contributed by atoms with Crippen LogP contribution in [-0.2, 0) is 32.5 Å². The molecule has 0 spiro atoms. The molecule has 0 saturated carbocycles. The van der Waals surface area contributed by atoms with Gasteiger partial charge in [-0.1, -0.05) is 208 Å². The lowest BCUT2D eigenvalue weighted by Crippen LogP contribution is -2.61. The summed E-state index contributed by atoms with van der Waals surface area (Å²) in [6.07, 6.45) is 2.21. The van der Waals surface area contributed by atoms with E-state index in [9.17, 15) is 0 Å². The summed E-state index contributed by atoms with van der Waals surface area (Å²) < 4.78 is 17.8. The Kier molecular flexibility index (Phi) is 13.0. The van der Waals surface area contributed by atoms with Gasteiger partial charge < -0.3 is 23.4 Å². The van der Waals surface area contributed by atoms with Crippen molar-refractivity contribution in [1.29, 1.82) is 0 Å². The average molecular weight is 1230 g/mol. The normalized spacial score (nSPS) is 15.3. The fraction of sp³-hybridized carbons (Fsp3) is 0.279. The van der Waals surface area contributed by atoms with Crippen molar-refractivity contribution < 1.29 is 8.83 Å². The molecule has 5 heterocycles. The minimum atomic E-state index is -0.410. The molecule has 1 aliphatic carbocycles. The van der Waals surface area contributed by atoms with Gasteiger partial charge in [-0.2, -0.15) is 0 Å². The van der Waals surface area contributed by atoms with E-state index >= 15 is 0 Å². The maximum atomic E-state index is 7.93. The first kappa shape index (κ1) is 59.3. The molecule has 10 aromatic carbocycles. The van der Waals surface area contributed by atoms with E-state index in [1.54, 1.807) is 0 Å². The van der Waals surface area contributed by atoms with Crippen LogP contribution in [0, 0.1) is 0 Å². The molecule has 0 N–H and O–H groups in total. The van der Waals surface area contributed by atoms with Crippen LogP contribution >= 0.6 is 11.3 Å². The molecule has 0 unspecified atom stereocenters. The highest BCUT2D eigenvalue weighted by Crippen LogP contribution is 2.57. The van der Waals surface area contributed by atoms with Gasteiger partial charge in [0.25, 0.3) is 0 Å². The first-order chi connectivity index (χ1) is 44.1. The molecule has 3 aromatic heterocycles. The minimum Gasteiger partial charge on any atom is -0.466 e. The highest BCUT2D eigenvalue weighted by Gasteiger charge is 2.51. The molecule has 0 amide bonds. The van der Waals surface area contributed by atoms with E-state index in [4.69, 9.17) is 8.83 Å². The van der Waals surface area contributed by atoms with Gasteiger partial charge in [0.2, 0.25) is 0 Å². The molecule has 16 rings (SSSR count). The van der Waals surface area contributed by atoms with Crippen molar-refractivity contribution in [3.63, 3.8) is 0 Å². The Balaban J connectivity index is 1.01. The number of thiophene rings is 1. The Morgan fingerprint density at radius 1 is 0.430 bits per heavy atom. The molecule has 93 heavy (non-hydrogen) atoms. The Morgan fingerprint density at radius 2 is 0.989 bits per heavy atom.